The van der Waals surface area contributed by atoms with Crippen LogP contribution in [0.2, 0.25) is 0 Å². The lowest BCUT2D eigenvalue weighted by molar-refractivity contribution is -0.144. The maximum Gasteiger partial charge on any atom is 0.309 e. The summed E-state index contributed by atoms with van der Waals surface area (Å²) in [7, 11) is 0. The van der Waals surface area contributed by atoms with Crippen molar-refractivity contribution in [3.05, 3.63) is 34.4 Å². The number of carboxylic acids is 2. The number of hydrogen-bond acceptors (Lipinski definition) is 2. The maximum atomic E-state index is 11.3. The normalized spacial score (nSPS) is 18.2. The Morgan fingerprint density at radius 3 is 1.37 bits per heavy atom. The lowest BCUT2D eigenvalue weighted by Crippen LogP contribution is -2.14. The molecule has 1 aromatic rings. The van der Waals surface area contributed by atoms with Gasteiger partial charge in [0.15, 0.2) is 0 Å². The minimum Gasteiger partial charge on any atom is -0.481 e. The van der Waals surface area contributed by atoms with Crippen LogP contribution in [0.3, 0.4) is 0 Å². The monoisotopic (exact) mass is 414 g/mol. The summed E-state index contributed by atoms with van der Waals surface area (Å²) in [5.41, 5.74) is 4.81. The Morgan fingerprint density at radius 1 is 0.700 bits per heavy atom. The van der Waals surface area contributed by atoms with Crippen LogP contribution in [0.5, 0.6) is 0 Å². The molecule has 0 radical (unpaired) electrons. The number of benzene rings is 1. The van der Waals surface area contributed by atoms with Crippen molar-refractivity contribution >= 4 is 11.9 Å². The zero-order chi connectivity index (χ0) is 21.8. The lowest BCUT2D eigenvalue weighted by Gasteiger charge is -2.14. The van der Waals surface area contributed by atoms with Crippen LogP contribution in [0.15, 0.2) is 12.1 Å². The zero-order valence-corrected chi connectivity index (χ0v) is 18.8. The van der Waals surface area contributed by atoms with Gasteiger partial charge in [-0.1, -0.05) is 37.8 Å². The van der Waals surface area contributed by atoms with E-state index in [1.54, 1.807) is 0 Å². The van der Waals surface area contributed by atoms with Crippen molar-refractivity contribution in [2.24, 2.45) is 10.8 Å². The fourth-order valence-corrected chi connectivity index (χ4v) is 4.76. The van der Waals surface area contributed by atoms with Gasteiger partial charge in [0, 0.05) is 0 Å². The highest BCUT2D eigenvalue weighted by atomic mass is 16.4. The average Bonchev–Trinajstić information content (AvgIpc) is 3.60. The third-order valence-corrected chi connectivity index (χ3v) is 7.63. The Bertz CT molecular complexity index is 706. The number of rotatable bonds is 14. The molecule has 2 N–H and O–H groups in total. The molecule has 1 aromatic carbocycles. The molecule has 0 spiro atoms. The van der Waals surface area contributed by atoms with Crippen LogP contribution in [0.4, 0.5) is 0 Å². The van der Waals surface area contributed by atoms with Crippen molar-refractivity contribution < 1.29 is 19.8 Å². The Labute approximate surface area is 181 Å². The number of unbranched alkanes of at least 4 members (excludes halogenated alkanes) is 4. The molecule has 0 unspecified atom stereocenters. The van der Waals surface area contributed by atoms with Crippen LogP contribution in [-0.4, -0.2) is 22.2 Å². The molecule has 0 atom stereocenters. The fraction of sp³-hybridized carbons (Fsp3) is 0.692. The van der Waals surface area contributed by atoms with Crippen LogP contribution in [0, 0.1) is 24.7 Å². The molecule has 0 aliphatic heterocycles. The molecule has 4 nitrogen and oxygen atoms in total. The number of carboxylic acid groups (broad SMARTS) is 2. The average molecular weight is 415 g/mol. The minimum atomic E-state index is -0.602. The molecule has 0 bridgehead atoms. The van der Waals surface area contributed by atoms with Crippen molar-refractivity contribution in [2.75, 3.05) is 0 Å². The van der Waals surface area contributed by atoms with Crippen molar-refractivity contribution in [3.63, 3.8) is 0 Å². The van der Waals surface area contributed by atoms with E-state index in [2.05, 4.69) is 26.0 Å². The lowest BCUT2D eigenvalue weighted by atomic mass is 9.91. The first-order valence-electron chi connectivity index (χ1n) is 11.8. The van der Waals surface area contributed by atoms with Gasteiger partial charge in [0.25, 0.3) is 0 Å². The van der Waals surface area contributed by atoms with Crippen LogP contribution >= 0.6 is 0 Å². The largest absolute Gasteiger partial charge is 0.481 e. The second-order valence-corrected chi connectivity index (χ2v) is 10.00. The van der Waals surface area contributed by atoms with E-state index in [1.165, 1.54) is 22.3 Å². The molecular weight excluding hydrogens is 376 g/mol. The van der Waals surface area contributed by atoms with E-state index >= 15 is 0 Å². The first-order chi connectivity index (χ1) is 14.3. The zero-order valence-electron chi connectivity index (χ0n) is 18.8. The number of carbonyl (C=O) groups is 2. The predicted octanol–water partition coefficient (Wildman–Crippen LogP) is 6.24. The Kier molecular flexibility index (Phi) is 7.26. The highest BCUT2D eigenvalue weighted by Gasteiger charge is 2.49. The van der Waals surface area contributed by atoms with Gasteiger partial charge >= 0.3 is 11.9 Å². The molecule has 0 saturated heterocycles. The quantitative estimate of drug-likeness (QED) is 0.353. The molecular formula is C26H38O4. The standard InChI is InChI=1S/C26H38O4/c1-19-17-21(9-5-3-7-11-25(13-14-25)23(27)28)22(18-20(19)2)10-6-4-8-12-26(15-16-26)24(29)30/h17-18H,3-16H2,1-2H3,(H,27,28)(H,29,30). The van der Waals surface area contributed by atoms with Gasteiger partial charge in [0.1, 0.15) is 0 Å². The highest BCUT2D eigenvalue weighted by Crippen LogP contribution is 2.50. The van der Waals surface area contributed by atoms with Crippen molar-refractivity contribution in [2.45, 2.75) is 104 Å². The van der Waals surface area contributed by atoms with Gasteiger partial charge in [-0.15, -0.1) is 0 Å². The molecule has 30 heavy (non-hydrogen) atoms. The molecule has 3 rings (SSSR count). The second kappa shape index (κ2) is 9.53. The number of hydrogen-bond donors (Lipinski definition) is 2. The van der Waals surface area contributed by atoms with Crippen LogP contribution in [0.1, 0.15) is 99.3 Å². The van der Waals surface area contributed by atoms with Crippen LogP contribution in [0.25, 0.3) is 0 Å². The van der Waals surface area contributed by atoms with Gasteiger partial charge in [-0.05, 0) is 100 Å². The summed E-state index contributed by atoms with van der Waals surface area (Å²) in [5.74, 6) is -1.20. The predicted molar refractivity (Wildman–Crippen MR) is 119 cm³/mol. The highest BCUT2D eigenvalue weighted by molar-refractivity contribution is 5.78. The maximum absolute atomic E-state index is 11.3. The van der Waals surface area contributed by atoms with Gasteiger partial charge in [0.05, 0.1) is 10.8 Å². The van der Waals surface area contributed by atoms with Gasteiger partial charge in [-0.25, -0.2) is 0 Å². The van der Waals surface area contributed by atoms with E-state index in [0.717, 1.165) is 89.9 Å². The smallest absolute Gasteiger partial charge is 0.309 e. The molecule has 0 heterocycles. The van der Waals surface area contributed by atoms with E-state index in [1.807, 2.05) is 0 Å². The Balaban J connectivity index is 1.42. The molecule has 0 aromatic heterocycles. The summed E-state index contributed by atoms with van der Waals surface area (Å²) < 4.78 is 0. The Hall–Kier alpha value is -1.84. The van der Waals surface area contributed by atoms with E-state index in [9.17, 15) is 19.8 Å². The summed E-state index contributed by atoms with van der Waals surface area (Å²) in [4.78, 5) is 22.6. The minimum absolute atomic E-state index is 0.384. The first kappa shape index (κ1) is 22.8. The van der Waals surface area contributed by atoms with Gasteiger partial charge in [-0.2, -0.15) is 0 Å². The van der Waals surface area contributed by atoms with Crippen LogP contribution in [-0.2, 0) is 22.4 Å². The summed E-state index contributed by atoms with van der Waals surface area (Å²) in [5, 5.41) is 18.6. The third-order valence-electron chi connectivity index (χ3n) is 7.63. The summed E-state index contributed by atoms with van der Waals surface area (Å²) in [6, 6.07) is 4.68. The molecule has 166 valence electrons. The first-order valence-corrected chi connectivity index (χ1v) is 11.8. The van der Waals surface area contributed by atoms with E-state index in [-0.39, 0.29) is 10.8 Å². The fourth-order valence-electron chi connectivity index (χ4n) is 4.76. The molecule has 2 aliphatic carbocycles. The summed E-state index contributed by atoms with van der Waals surface area (Å²) in [6.45, 7) is 4.35. The second-order valence-electron chi connectivity index (χ2n) is 10.00. The molecule has 0 amide bonds. The van der Waals surface area contributed by atoms with Gasteiger partial charge < -0.3 is 10.2 Å². The van der Waals surface area contributed by atoms with Crippen molar-refractivity contribution in [3.8, 4) is 0 Å². The van der Waals surface area contributed by atoms with E-state index in [0.29, 0.717) is 0 Å². The summed E-state index contributed by atoms with van der Waals surface area (Å²) in [6.07, 6.45) is 13.7. The third kappa shape index (κ3) is 5.65. The molecule has 2 saturated carbocycles. The van der Waals surface area contributed by atoms with Gasteiger partial charge in [0.2, 0.25) is 0 Å². The van der Waals surface area contributed by atoms with E-state index < -0.39 is 11.9 Å². The van der Waals surface area contributed by atoms with E-state index in [4.69, 9.17) is 0 Å². The molecule has 2 aliphatic rings. The van der Waals surface area contributed by atoms with Gasteiger partial charge in [-0.3, -0.25) is 9.59 Å². The SMILES string of the molecule is Cc1cc(CCCCCC2(C(=O)O)CC2)c(CCCCCC2(C(=O)O)CC2)cc1C. The topological polar surface area (TPSA) is 74.6 Å². The molecule has 2 fully saturated rings. The van der Waals surface area contributed by atoms with Crippen molar-refractivity contribution in [1.29, 1.82) is 0 Å². The summed E-state index contributed by atoms with van der Waals surface area (Å²) >= 11 is 0. The van der Waals surface area contributed by atoms with Crippen LogP contribution < -0.4 is 0 Å². The van der Waals surface area contributed by atoms with Crippen molar-refractivity contribution in [1.82, 2.24) is 0 Å². The number of aryl methyl sites for hydroxylation is 4. The Morgan fingerprint density at radius 2 is 1.07 bits per heavy atom. The number of aliphatic carboxylic acids is 2. The molecule has 4 heteroatoms.